The summed E-state index contributed by atoms with van der Waals surface area (Å²) in [6, 6.07) is 14.9. The Hall–Kier alpha value is -3.13. The van der Waals surface area contributed by atoms with Crippen LogP contribution in [0.1, 0.15) is 5.56 Å². The maximum absolute atomic E-state index is 13.5. The van der Waals surface area contributed by atoms with Gasteiger partial charge in [0.05, 0.1) is 11.4 Å². The maximum atomic E-state index is 13.5. The molecule has 2 heterocycles. The van der Waals surface area contributed by atoms with Crippen LogP contribution in [0.2, 0.25) is 10.0 Å². The molecule has 4 aromatic rings. The van der Waals surface area contributed by atoms with Gasteiger partial charge >= 0.3 is 0 Å². The van der Waals surface area contributed by atoms with Crippen LogP contribution < -0.4 is 5.32 Å². The van der Waals surface area contributed by atoms with E-state index in [-0.39, 0.29) is 11.7 Å². The van der Waals surface area contributed by atoms with E-state index in [1.807, 2.05) is 23.9 Å². The smallest absolute Gasteiger partial charge is 0.249 e. The van der Waals surface area contributed by atoms with E-state index >= 15 is 0 Å². The standard InChI is InChI=1S/C25H19Cl2FN4OS/c1-32-24(23(31-25(32)34-2)15-6-8-17(28)9-7-15)16-12-13-29-21(14-16)30-22(33)11-10-18-19(26)4-3-5-20(18)27/h3-14H,1-2H3,(H,29,30,33)/b11-10+. The number of nitrogens with one attached hydrogen (secondary N) is 1. The van der Waals surface area contributed by atoms with Crippen LogP contribution in [0.25, 0.3) is 28.6 Å². The number of thioether (sulfide) groups is 1. The Kier molecular flexibility index (Phi) is 7.36. The molecule has 2 aromatic carbocycles. The minimum Gasteiger partial charge on any atom is -0.322 e. The first-order valence-electron chi connectivity index (χ1n) is 10.1. The van der Waals surface area contributed by atoms with Gasteiger partial charge in [-0.15, -0.1) is 0 Å². The number of aromatic nitrogens is 3. The number of anilines is 1. The zero-order valence-corrected chi connectivity index (χ0v) is 20.5. The summed E-state index contributed by atoms with van der Waals surface area (Å²) >= 11 is 13.8. The lowest BCUT2D eigenvalue weighted by Gasteiger charge is -2.09. The van der Waals surface area contributed by atoms with E-state index in [0.29, 0.717) is 27.1 Å². The van der Waals surface area contributed by atoms with Crippen molar-refractivity contribution >= 4 is 52.8 Å². The topological polar surface area (TPSA) is 59.8 Å². The molecule has 0 unspecified atom stereocenters. The molecule has 1 amide bonds. The summed E-state index contributed by atoms with van der Waals surface area (Å²) in [6.07, 6.45) is 6.46. The molecule has 2 aromatic heterocycles. The number of benzene rings is 2. The summed E-state index contributed by atoms with van der Waals surface area (Å²) in [5.74, 6) is -0.324. The Morgan fingerprint density at radius 3 is 2.47 bits per heavy atom. The highest BCUT2D eigenvalue weighted by Gasteiger charge is 2.18. The lowest BCUT2D eigenvalue weighted by molar-refractivity contribution is -0.111. The zero-order chi connectivity index (χ0) is 24.2. The van der Waals surface area contributed by atoms with Gasteiger partial charge in [0.2, 0.25) is 5.91 Å². The van der Waals surface area contributed by atoms with Crippen LogP contribution in [-0.4, -0.2) is 26.7 Å². The largest absolute Gasteiger partial charge is 0.322 e. The van der Waals surface area contributed by atoms with E-state index in [1.165, 1.54) is 30.0 Å². The molecule has 0 radical (unpaired) electrons. The van der Waals surface area contributed by atoms with Gasteiger partial charge in [-0.3, -0.25) is 4.79 Å². The molecule has 0 aliphatic carbocycles. The van der Waals surface area contributed by atoms with Crippen LogP contribution in [-0.2, 0) is 11.8 Å². The van der Waals surface area contributed by atoms with Crippen LogP contribution in [0.5, 0.6) is 0 Å². The number of amides is 1. The van der Waals surface area contributed by atoms with Crippen molar-refractivity contribution in [1.29, 1.82) is 0 Å². The molecule has 0 aliphatic heterocycles. The first-order valence-corrected chi connectivity index (χ1v) is 12.1. The molecule has 34 heavy (non-hydrogen) atoms. The van der Waals surface area contributed by atoms with E-state index in [2.05, 4.69) is 10.3 Å². The van der Waals surface area contributed by atoms with Crippen LogP contribution in [0.3, 0.4) is 0 Å². The van der Waals surface area contributed by atoms with Crippen molar-refractivity contribution in [3.05, 3.63) is 88.3 Å². The summed E-state index contributed by atoms with van der Waals surface area (Å²) in [7, 11) is 1.91. The van der Waals surface area contributed by atoms with Crippen LogP contribution in [0.4, 0.5) is 10.2 Å². The second-order valence-electron chi connectivity index (χ2n) is 7.25. The average Bonchev–Trinajstić information content (AvgIpc) is 3.15. The third-order valence-corrected chi connectivity index (χ3v) is 6.43. The summed E-state index contributed by atoms with van der Waals surface area (Å²) in [6.45, 7) is 0. The van der Waals surface area contributed by atoms with E-state index < -0.39 is 0 Å². The Morgan fingerprint density at radius 1 is 1.09 bits per heavy atom. The van der Waals surface area contributed by atoms with Gasteiger partial charge in [0, 0.05) is 46.1 Å². The molecule has 0 atom stereocenters. The molecular formula is C25H19Cl2FN4OS. The first kappa shape index (κ1) is 24.0. The summed E-state index contributed by atoms with van der Waals surface area (Å²) in [5.41, 5.74) is 3.69. The van der Waals surface area contributed by atoms with Gasteiger partial charge < -0.3 is 9.88 Å². The average molecular weight is 513 g/mol. The highest BCUT2D eigenvalue weighted by molar-refractivity contribution is 7.98. The molecule has 0 bridgehead atoms. The maximum Gasteiger partial charge on any atom is 0.249 e. The Balaban J connectivity index is 1.64. The monoisotopic (exact) mass is 512 g/mol. The molecule has 4 rings (SSSR count). The van der Waals surface area contributed by atoms with Gasteiger partial charge in [-0.1, -0.05) is 41.0 Å². The van der Waals surface area contributed by atoms with E-state index in [0.717, 1.165) is 22.0 Å². The first-order chi connectivity index (χ1) is 16.4. The molecule has 0 saturated carbocycles. The number of carbonyl (C=O) groups is 1. The number of rotatable bonds is 6. The number of pyridine rings is 1. The molecule has 1 N–H and O–H groups in total. The second-order valence-corrected chi connectivity index (χ2v) is 8.84. The predicted molar refractivity (Wildman–Crippen MR) is 138 cm³/mol. The highest BCUT2D eigenvalue weighted by Crippen LogP contribution is 2.35. The fourth-order valence-electron chi connectivity index (χ4n) is 3.44. The van der Waals surface area contributed by atoms with Crippen molar-refractivity contribution in [2.45, 2.75) is 5.16 Å². The number of hydrogen-bond acceptors (Lipinski definition) is 4. The second kappa shape index (κ2) is 10.4. The van der Waals surface area contributed by atoms with Crippen molar-refractivity contribution in [1.82, 2.24) is 14.5 Å². The number of carbonyl (C=O) groups excluding carboxylic acids is 1. The number of imidazole rings is 1. The van der Waals surface area contributed by atoms with Crippen molar-refractivity contribution in [3.63, 3.8) is 0 Å². The molecule has 5 nitrogen and oxygen atoms in total. The van der Waals surface area contributed by atoms with Crippen LogP contribution in [0, 0.1) is 5.82 Å². The van der Waals surface area contributed by atoms with Crippen molar-refractivity contribution in [3.8, 4) is 22.5 Å². The lowest BCUT2D eigenvalue weighted by atomic mass is 10.1. The molecule has 0 spiro atoms. The zero-order valence-electron chi connectivity index (χ0n) is 18.2. The predicted octanol–water partition coefficient (Wildman–Crippen LogP) is 6.97. The third kappa shape index (κ3) is 5.17. The Labute approximate surface area is 210 Å². The Morgan fingerprint density at radius 2 is 1.79 bits per heavy atom. The van der Waals surface area contributed by atoms with Gasteiger partial charge in [0.25, 0.3) is 0 Å². The molecule has 0 aliphatic rings. The third-order valence-electron chi connectivity index (χ3n) is 5.04. The summed E-state index contributed by atoms with van der Waals surface area (Å²) < 4.78 is 15.4. The van der Waals surface area contributed by atoms with Gasteiger partial charge in [0.1, 0.15) is 11.6 Å². The molecule has 0 saturated heterocycles. The molecule has 0 fully saturated rings. The van der Waals surface area contributed by atoms with Crippen molar-refractivity contribution < 1.29 is 9.18 Å². The Bertz CT molecular complexity index is 1370. The van der Waals surface area contributed by atoms with Crippen LogP contribution in [0.15, 0.2) is 72.0 Å². The quantitative estimate of drug-likeness (QED) is 0.224. The van der Waals surface area contributed by atoms with Crippen molar-refractivity contribution in [2.75, 3.05) is 11.6 Å². The minimum absolute atomic E-state index is 0.314. The number of hydrogen-bond donors (Lipinski definition) is 1. The SMILES string of the molecule is CSc1nc(-c2ccc(F)cc2)c(-c2ccnc(NC(=O)/C=C/c3c(Cl)cccc3Cl)c2)n1C. The van der Waals surface area contributed by atoms with Gasteiger partial charge in [-0.2, -0.15) is 0 Å². The van der Waals surface area contributed by atoms with E-state index in [1.54, 1.807) is 48.7 Å². The van der Waals surface area contributed by atoms with E-state index in [9.17, 15) is 9.18 Å². The highest BCUT2D eigenvalue weighted by atomic mass is 35.5. The molecular weight excluding hydrogens is 494 g/mol. The van der Waals surface area contributed by atoms with Gasteiger partial charge in [-0.05, 0) is 60.9 Å². The van der Waals surface area contributed by atoms with Crippen molar-refractivity contribution in [2.24, 2.45) is 7.05 Å². The van der Waals surface area contributed by atoms with Gasteiger partial charge in [0.15, 0.2) is 5.16 Å². The normalized spacial score (nSPS) is 11.2. The molecule has 9 heteroatoms. The fraction of sp³-hybridized carbons (Fsp3) is 0.0800. The summed E-state index contributed by atoms with van der Waals surface area (Å²) in [5, 5.41) is 4.46. The fourth-order valence-corrected chi connectivity index (χ4v) is 4.51. The van der Waals surface area contributed by atoms with E-state index in [4.69, 9.17) is 28.2 Å². The van der Waals surface area contributed by atoms with Crippen LogP contribution >= 0.6 is 35.0 Å². The number of nitrogens with zero attached hydrogens (tertiary/aromatic N) is 3. The van der Waals surface area contributed by atoms with Gasteiger partial charge in [-0.25, -0.2) is 14.4 Å². The minimum atomic E-state index is -0.380. The number of halogens is 3. The lowest BCUT2D eigenvalue weighted by Crippen LogP contribution is -2.09. The summed E-state index contributed by atoms with van der Waals surface area (Å²) in [4.78, 5) is 21.5. The molecule has 172 valence electrons.